The predicted octanol–water partition coefficient (Wildman–Crippen LogP) is 3.89. The van der Waals surface area contributed by atoms with Crippen molar-refractivity contribution in [2.24, 2.45) is 5.92 Å². The average Bonchev–Trinajstić information content (AvgIpc) is 3.57. The van der Waals surface area contributed by atoms with Gasteiger partial charge in [0, 0.05) is 55.5 Å². The molecule has 1 fully saturated rings. The van der Waals surface area contributed by atoms with Crippen LogP contribution < -0.4 is 5.32 Å². The fourth-order valence-electron chi connectivity index (χ4n) is 4.58. The van der Waals surface area contributed by atoms with Gasteiger partial charge in [0.15, 0.2) is 17.1 Å². The van der Waals surface area contributed by atoms with Gasteiger partial charge in [-0.1, -0.05) is 13.8 Å². The Morgan fingerprint density at radius 1 is 1.11 bits per heavy atom. The van der Waals surface area contributed by atoms with Crippen LogP contribution in [0.25, 0.3) is 44.8 Å². The third kappa shape index (κ3) is 4.68. The van der Waals surface area contributed by atoms with E-state index < -0.39 is 0 Å². The lowest BCUT2D eigenvalue weighted by Crippen LogP contribution is -2.40. The van der Waals surface area contributed by atoms with Crippen LogP contribution in [0.5, 0.6) is 0 Å². The molecule has 1 saturated heterocycles. The molecule has 0 saturated carbocycles. The molecule has 6 heterocycles. The highest BCUT2D eigenvalue weighted by molar-refractivity contribution is 6.05. The van der Waals surface area contributed by atoms with Gasteiger partial charge in [0.05, 0.1) is 35.4 Å². The second kappa shape index (κ2) is 10.2. The molecular formula is C27H29N9O2. The van der Waals surface area contributed by atoms with E-state index in [0.29, 0.717) is 66.1 Å². The zero-order valence-corrected chi connectivity index (χ0v) is 21.4. The average molecular weight is 512 g/mol. The van der Waals surface area contributed by atoms with Gasteiger partial charge in [0.1, 0.15) is 5.69 Å². The Labute approximate surface area is 219 Å². The van der Waals surface area contributed by atoms with Crippen molar-refractivity contribution in [3.05, 3.63) is 48.5 Å². The lowest BCUT2D eigenvalue weighted by molar-refractivity contribution is 0.0304. The van der Waals surface area contributed by atoms with Crippen molar-refractivity contribution in [2.75, 3.05) is 38.2 Å². The smallest absolute Gasteiger partial charge is 0.256 e. The second-order valence-electron chi connectivity index (χ2n) is 9.81. The molecule has 3 N–H and O–H groups in total. The molecule has 38 heavy (non-hydrogen) atoms. The number of rotatable bonds is 7. The summed E-state index contributed by atoms with van der Waals surface area (Å²) in [5, 5.41) is 11.7. The number of morpholine rings is 1. The summed E-state index contributed by atoms with van der Waals surface area (Å²) in [6.07, 6.45) is 8.14. The molecule has 0 radical (unpaired) electrons. The number of hydrogen-bond acceptors (Lipinski definition) is 8. The molecule has 0 spiro atoms. The highest BCUT2D eigenvalue weighted by Gasteiger charge is 2.23. The van der Waals surface area contributed by atoms with Gasteiger partial charge in [-0.15, -0.1) is 0 Å². The van der Waals surface area contributed by atoms with E-state index in [1.165, 1.54) is 0 Å². The maximum absolute atomic E-state index is 13.2. The summed E-state index contributed by atoms with van der Waals surface area (Å²) >= 11 is 0. The molecule has 1 aliphatic heterocycles. The van der Waals surface area contributed by atoms with E-state index in [2.05, 4.69) is 60.3 Å². The minimum atomic E-state index is -0.0660. The van der Waals surface area contributed by atoms with Gasteiger partial charge < -0.3 is 19.9 Å². The van der Waals surface area contributed by atoms with Crippen molar-refractivity contribution in [1.82, 2.24) is 40.0 Å². The third-order valence-electron chi connectivity index (χ3n) is 6.69. The monoisotopic (exact) mass is 511 g/mol. The van der Waals surface area contributed by atoms with Gasteiger partial charge in [-0.05, 0) is 30.5 Å². The Morgan fingerprint density at radius 3 is 2.79 bits per heavy atom. The zero-order chi connectivity index (χ0) is 26.1. The van der Waals surface area contributed by atoms with Gasteiger partial charge in [-0.2, -0.15) is 5.10 Å². The van der Waals surface area contributed by atoms with Gasteiger partial charge in [0.25, 0.3) is 5.91 Å². The molecule has 0 aliphatic carbocycles. The lowest BCUT2D eigenvalue weighted by Gasteiger charge is -2.26. The van der Waals surface area contributed by atoms with Crippen LogP contribution in [0.3, 0.4) is 0 Å². The first kappa shape index (κ1) is 24.0. The van der Waals surface area contributed by atoms with Crippen LogP contribution in [0.15, 0.2) is 43.0 Å². The number of hydrogen-bond donors (Lipinski definition) is 3. The summed E-state index contributed by atoms with van der Waals surface area (Å²) in [5.74, 6) is 1.11. The van der Waals surface area contributed by atoms with Crippen molar-refractivity contribution in [3.8, 4) is 22.6 Å². The van der Waals surface area contributed by atoms with Crippen molar-refractivity contribution < 1.29 is 9.53 Å². The Morgan fingerprint density at radius 2 is 1.95 bits per heavy atom. The van der Waals surface area contributed by atoms with Crippen LogP contribution in [0.2, 0.25) is 0 Å². The molecule has 0 unspecified atom stereocenters. The van der Waals surface area contributed by atoms with Crippen molar-refractivity contribution >= 4 is 33.8 Å². The van der Waals surface area contributed by atoms with Crippen LogP contribution in [-0.2, 0) is 4.74 Å². The predicted molar refractivity (Wildman–Crippen MR) is 145 cm³/mol. The molecule has 1 aliphatic rings. The molecule has 0 atom stereocenters. The highest BCUT2D eigenvalue weighted by atomic mass is 16.5. The standard InChI is InChI=1S/C27H29N9O2/c1-16(2)3-5-29-19-11-17(13-28-15-19)18-12-21-23(34-35-24(21)31-14-18)26-32-22-20(4-6-30-25(22)33-26)27(37)36-7-9-38-10-8-36/h4,6,11-16,29H,3,5,7-10H2,1-2H3,(H,30,32,33)(H,31,34,35). The lowest BCUT2D eigenvalue weighted by atomic mass is 10.1. The fourth-order valence-corrected chi connectivity index (χ4v) is 4.58. The number of anilines is 1. The number of nitrogens with one attached hydrogen (secondary N) is 3. The van der Waals surface area contributed by atoms with Gasteiger partial charge >= 0.3 is 0 Å². The Hall–Kier alpha value is -4.38. The summed E-state index contributed by atoms with van der Waals surface area (Å²) in [4.78, 5) is 36.3. The first-order chi connectivity index (χ1) is 18.6. The van der Waals surface area contributed by atoms with E-state index in [1.54, 1.807) is 23.4 Å². The summed E-state index contributed by atoms with van der Waals surface area (Å²) in [5.41, 5.74) is 5.67. The van der Waals surface area contributed by atoms with E-state index in [-0.39, 0.29) is 5.91 Å². The van der Waals surface area contributed by atoms with E-state index in [9.17, 15) is 4.79 Å². The van der Waals surface area contributed by atoms with Crippen LogP contribution in [0, 0.1) is 5.92 Å². The van der Waals surface area contributed by atoms with Crippen molar-refractivity contribution in [1.29, 1.82) is 0 Å². The number of ether oxygens (including phenoxy) is 1. The first-order valence-corrected chi connectivity index (χ1v) is 12.8. The summed E-state index contributed by atoms with van der Waals surface area (Å²) in [7, 11) is 0. The number of fused-ring (bicyclic) bond motifs is 2. The topological polar surface area (TPSA) is 138 Å². The number of imidazole rings is 1. The number of aromatic nitrogens is 7. The quantitative estimate of drug-likeness (QED) is 0.299. The Balaban J connectivity index is 1.33. The molecule has 1 amide bonds. The van der Waals surface area contributed by atoms with Crippen LogP contribution in [-0.4, -0.2) is 78.8 Å². The van der Waals surface area contributed by atoms with Crippen molar-refractivity contribution in [2.45, 2.75) is 20.3 Å². The SMILES string of the molecule is CC(C)CCNc1cncc(-c2cnc3n[nH]c(-c4nc5nccc(C(=O)N6CCOCC6)c5[nH]4)c3c2)c1. The Bertz CT molecular complexity index is 1600. The molecule has 6 rings (SSSR count). The number of carbonyl (C=O) groups excluding carboxylic acids is 1. The van der Waals surface area contributed by atoms with Gasteiger partial charge in [0.2, 0.25) is 0 Å². The molecule has 0 aromatic carbocycles. The number of amides is 1. The van der Waals surface area contributed by atoms with E-state index in [4.69, 9.17) is 4.74 Å². The molecule has 5 aromatic rings. The van der Waals surface area contributed by atoms with Crippen molar-refractivity contribution in [3.63, 3.8) is 0 Å². The molecule has 194 valence electrons. The molecule has 5 aromatic heterocycles. The minimum Gasteiger partial charge on any atom is -0.384 e. The molecule has 0 bridgehead atoms. The van der Waals surface area contributed by atoms with Gasteiger partial charge in [-0.25, -0.2) is 15.0 Å². The molecule has 11 nitrogen and oxygen atoms in total. The normalized spacial score (nSPS) is 14.0. The minimum absolute atomic E-state index is 0.0660. The summed E-state index contributed by atoms with van der Waals surface area (Å²) in [6, 6.07) is 5.82. The summed E-state index contributed by atoms with van der Waals surface area (Å²) < 4.78 is 5.39. The number of pyridine rings is 3. The number of aromatic amines is 2. The zero-order valence-electron chi connectivity index (χ0n) is 21.4. The number of H-pyrrole nitrogens is 2. The maximum atomic E-state index is 13.2. The number of carbonyl (C=O) groups is 1. The van der Waals surface area contributed by atoms with Crippen LogP contribution in [0.4, 0.5) is 5.69 Å². The summed E-state index contributed by atoms with van der Waals surface area (Å²) in [6.45, 7) is 7.51. The number of nitrogens with zero attached hydrogens (tertiary/aromatic N) is 6. The van der Waals surface area contributed by atoms with E-state index in [1.807, 2.05) is 18.5 Å². The second-order valence-corrected chi connectivity index (χ2v) is 9.81. The van der Waals surface area contributed by atoms with Gasteiger partial charge in [-0.3, -0.25) is 14.9 Å². The van der Waals surface area contributed by atoms with Crippen LogP contribution >= 0.6 is 0 Å². The van der Waals surface area contributed by atoms with Crippen LogP contribution in [0.1, 0.15) is 30.6 Å². The Kier molecular flexibility index (Phi) is 6.42. The third-order valence-corrected chi connectivity index (χ3v) is 6.69. The molecular weight excluding hydrogens is 482 g/mol. The van der Waals surface area contributed by atoms with E-state index >= 15 is 0 Å². The molecule has 11 heteroatoms. The maximum Gasteiger partial charge on any atom is 0.256 e. The largest absolute Gasteiger partial charge is 0.384 e. The fraction of sp³-hybridized carbons (Fsp3) is 0.333. The highest BCUT2D eigenvalue weighted by Crippen LogP contribution is 2.30. The van der Waals surface area contributed by atoms with E-state index in [0.717, 1.165) is 35.2 Å². The first-order valence-electron chi connectivity index (χ1n) is 12.8.